The van der Waals surface area contributed by atoms with E-state index in [1.165, 1.54) is 6.42 Å². The first-order valence-electron chi connectivity index (χ1n) is 4.10. The van der Waals surface area contributed by atoms with E-state index in [1.807, 2.05) is 0 Å². The smallest absolute Gasteiger partial charge is 0.0599 e. The summed E-state index contributed by atoms with van der Waals surface area (Å²) in [6.07, 6.45) is 2.21. The minimum atomic E-state index is 0.0115. The van der Waals surface area contributed by atoms with E-state index in [0.29, 0.717) is 18.0 Å². The van der Waals surface area contributed by atoms with E-state index < -0.39 is 0 Å². The Labute approximate surface area is 61.8 Å². The maximum absolute atomic E-state index is 9.33. The number of aliphatic hydroxyl groups excluding tert-OH is 1. The van der Waals surface area contributed by atoms with Crippen molar-refractivity contribution in [2.24, 2.45) is 5.92 Å². The summed E-state index contributed by atoms with van der Waals surface area (Å²) in [7, 11) is 2.17. The van der Waals surface area contributed by atoms with Crippen LogP contribution in [0.15, 0.2) is 0 Å². The summed E-state index contributed by atoms with van der Waals surface area (Å²) in [5, 5.41) is 9.33. The van der Waals surface area contributed by atoms with Gasteiger partial charge in [0.05, 0.1) is 6.10 Å². The molecule has 10 heavy (non-hydrogen) atoms. The third-order valence-corrected chi connectivity index (χ3v) is 3.30. The van der Waals surface area contributed by atoms with Crippen molar-refractivity contribution >= 4 is 0 Å². The highest BCUT2D eigenvalue weighted by atomic mass is 16.3. The summed E-state index contributed by atoms with van der Waals surface area (Å²) in [5.41, 5.74) is 0. The summed E-state index contributed by atoms with van der Waals surface area (Å²) in [6, 6.07) is 1.39. The molecule has 0 amide bonds. The number of likely N-dealkylation sites (tertiary alicyclic amines) is 1. The second-order valence-corrected chi connectivity index (χ2v) is 3.78. The summed E-state index contributed by atoms with van der Waals surface area (Å²) in [6.45, 7) is 2.24. The normalized spacial score (nSPS) is 54.3. The lowest BCUT2D eigenvalue weighted by molar-refractivity contribution is -0.0165. The van der Waals surface area contributed by atoms with Crippen LogP contribution in [-0.4, -0.2) is 35.2 Å². The van der Waals surface area contributed by atoms with Crippen molar-refractivity contribution in [3.8, 4) is 0 Å². The molecule has 0 spiro atoms. The van der Waals surface area contributed by atoms with Gasteiger partial charge < -0.3 is 10.0 Å². The fraction of sp³-hybridized carbons (Fsp3) is 1.00. The van der Waals surface area contributed by atoms with E-state index >= 15 is 0 Å². The molecule has 0 radical (unpaired) electrons. The first-order valence-corrected chi connectivity index (χ1v) is 4.10. The van der Waals surface area contributed by atoms with Gasteiger partial charge in [-0.3, -0.25) is 0 Å². The van der Waals surface area contributed by atoms with Crippen LogP contribution in [0, 0.1) is 5.92 Å². The number of hydrogen-bond donors (Lipinski definition) is 1. The van der Waals surface area contributed by atoms with Gasteiger partial charge in [0.25, 0.3) is 0 Å². The average molecular weight is 141 g/mol. The first kappa shape index (κ1) is 6.62. The largest absolute Gasteiger partial charge is 0.393 e. The third kappa shape index (κ3) is 0.663. The van der Waals surface area contributed by atoms with E-state index in [9.17, 15) is 5.11 Å². The molecule has 1 saturated heterocycles. The van der Waals surface area contributed by atoms with Crippen molar-refractivity contribution in [3.05, 3.63) is 0 Å². The summed E-state index contributed by atoms with van der Waals surface area (Å²) < 4.78 is 0. The molecule has 4 atom stereocenters. The summed E-state index contributed by atoms with van der Waals surface area (Å²) >= 11 is 0. The molecule has 2 aliphatic rings. The maximum atomic E-state index is 9.33. The molecule has 0 bridgehead atoms. The summed E-state index contributed by atoms with van der Waals surface area (Å²) in [4.78, 5) is 2.40. The van der Waals surface area contributed by atoms with Gasteiger partial charge in [-0.05, 0) is 26.8 Å². The molecule has 1 heterocycles. The molecule has 2 rings (SSSR count). The van der Waals surface area contributed by atoms with Crippen LogP contribution < -0.4 is 0 Å². The van der Waals surface area contributed by atoms with Crippen LogP contribution in [0.3, 0.4) is 0 Å². The van der Waals surface area contributed by atoms with Gasteiger partial charge in [-0.1, -0.05) is 0 Å². The zero-order chi connectivity index (χ0) is 7.30. The van der Waals surface area contributed by atoms with Crippen LogP contribution in [-0.2, 0) is 0 Å². The second-order valence-electron chi connectivity index (χ2n) is 3.78. The molecule has 2 nitrogen and oxygen atoms in total. The predicted octanol–water partition coefficient (Wildman–Crippen LogP) is 0.460. The molecule has 1 unspecified atom stereocenters. The fourth-order valence-corrected chi connectivity index (χ4v) is 2.33. The van der Waals surface area contributed by atoms with Gasteiger partial charge in [-0.2, -0.15) is 0 Å². The van der Waals surface area contributed by atoms with Crippen molar-refractivity contribution in [1.82, 2.24) is 4.90 Å². The molecule has 1 saturated carbocycles. The number of nitrogens with zero attached hydrogens (tertiary/aromatic N) is 1. The van der Waals surface area contributed by atoms with Gasteiger partial charge in [-0.15, -0.1) is 0 Å². The predicted molar refractivity (Wildman–Crippen MR) is 39.7 cm³/mol. The van der Waals surface area contributed by atoms with Gasteiger partial charge in [-0.25, -0.2) is 0 Å². The number of fused-ring (bicyclic) bond motifs is 1. The Hall–Kier alpha value is -0.0800. The zero-order valence-electron chi connectivity index (χ0n) is 6.62. The maximum Gasteiger partial charge on any atom is 0.0599 e. The Morgan fingerprint density at radius 1 is 1.40 bits per heavy atom. The zero-order valence-corrected chi connectivity index (χ0v) is 6.62. The van der Waals surface area contributed by atoms with Gasteiger partial charge in [0.1, 0.15) is 0 Å². The highest BCUT2D eigenvalue weighted by Gasteiger charge is 2.48. The van der Waals surface area contributed by atoms with Crippen LogP contribution >= 0.6 is 0 Å². The van der Waals surface area contributed by atoms with Gasteiger partial charge in [0.2, 0.25) is 0 Å². The molecular weight excluding hydrogens is 126 g/mol. The lowest BCUT2D eigenvalue weighted by Crippen LogP contribution is -2.48. The van der Waals surface area contributed by atoms with E-state index in [1.54, 1.807) is 0 Å². The van der Waals surface area contributed by atoms with Crippen LogP contribution in [0.5, 0.6) is 0 Å². The Balaban J connectivity index is 2.06. The minimum Gasteiger partial charge on any atom is -0.393 e. The molecule has 1 aliphatic heterocycles. The van der Waals surface area contributed by atoms with Crippen LogP contribution in [0.4, 0.5) is 0 Å². The van der Waals surface area contributed by atoms with Crippen LogP contribution in [0.1, 0.15) is 19.8 Å². The lowest BCUT2D eigenvalue weighted by atomic mass is 9.77. The average Bonchev–Trinajstić information content (AvgIpc) is 2.12. The number of aliphatic hydroxyl groups is 1. The standard InChI is InChI=1S/C8H15NO/c1-5-3-6-7(9(5)2)4-8(6)10/h5-8,10H,3-4H2,1-2H3/t5-,6-,7-,8?/m1/s1. The van der Waals surface area contributed by atoms with Gasteiger partial charge in [0.15, 0.2) is 0 Å². The number of rotatable bonds is 0. The Morgan fingerprint density at radius 2 is 2.10 bits per heavy atom. The van der Waals surface area contributed by atoms with Crippen LogP contribution in [0.25, 0.3) is 0 Å². The molecule has 2 heteroatoms. The second kappa shape index (κ2) is 1.95. The van der Waals surface area contributed by atoms with E-state index in [4.69, 9.17) is 0 Å². The molecule has 2 fully saturated rings. The Kier molecular flexibility index (Phi) is 1.29. The number of hydrogen-bond acceptors (Lipinski definition) is 2. The van der Waals surface area contributed by atoms with Crippen molar-refractivity contribution in [2.45, 2.75) is 38.0 Å². The molecule has 1 aliphatic carbocycles. The quantitative estimate of drug-likeness (QED) is 0.530. The van der Waals surface area contributed by atoms with E-state index in [0.717, 1.165) is 6.42 Å². The highest BCUT2D eigenvalue weighted by Crippen LogP contribution is 2.42. The third-order valence-electron chi connectivity index (χ3n) is 3.30. The molecule has 0 aromatic carbocycles. The van der Waals surface area contributed by atoms with Crippen molar-refractivity contribution < 1.29 is 5.11 Å². The van der Waals surface area contributed by atoms with Gasteiger partial charge in [0, 0.05) is 18.0 Å². The molecule has 58 valence electrons. The van der Waals surface area contributed by atoms with Crippen molar-refractivity contribution in [1.29, 1.82) is 0 Å². The van der Waals surface area contributed by atoms with Crippen molar-refractivity contribution in [3.63, 3.8) is 0 Å². The lowest BCUT2D eigenvalue weighted by Gasteiger charge is -2.39. The fourth-order valence-electron chi connectivity index (χ4n) is 2.33. The highest BCUT2D eigenvalue weighted by molar-refractivity contribution is 5.02. The Bertz CT molecular complexity index is 148. The topological polar surface area (TPSA) is 23.5 Å². The monoisotopic (exact) mass is 141 g/mol. The first-order chi connectivity index (χ1) is 4.70. The summed E-state index contributed by atoms with van der Waals surface area (Å²) in [5.74, 6) is 0.597. The van der Waals surface area contributed by atoms with Crippen LogP contribution in [0.2, 0.25) is 0 Å². The van der Waals surface area contributed by atoms with Crippen molar-refractivity contribution in [2.75, 3.05) is 7.05 Å². The molecular formula is C8H15NO. The molecule has 0 aromatic heterocycles. The Morgan fingerprint density at radius 3 is 2.50 bits per heavy atom. The SMILES string of the molecule is C[C@@H]1C[C@H]2C(O)C[C@H]2N1C. The van der Waals surface area contributed by atoms with E-state index in [-0.39, 0.29) is 6.10 Å². The molecule has 0 aromatic rings. The van der Waals surface area contributed by atoms with Gasteiger partial charge >= 0.3 is 0 Å². The molecule has 1 N–H and O–H groups in total. The minimum absolute atomic E-state index is 0.0115. The van der Waals surface area contributed by atoms with E-state index in [2.05, 4.69) is 18.9 Å².